The summed E-state index contributed by atoms with van der Waals surface area (Å²) in [4.78, 5) is 3.26. The van der Waals surface area contributed by atoms with E-state index in [0.29, 0.717) is 16.0 Å². The number of rotatable bonds is 4. The van der Waals surface area contributed by atoms with Crippen LogP contribution in [0, 0.1) is 0 Å². The van der Waals surface area contributed by atoms with Crippen molar-refractivity contribution >= 4 is 26.6 Å². The first-order valence-corrected chi connectivity index (χ1v) is 7.66. The van der Waals surface area contributed by atoms with Gasteiger partial charge in [-0.15, -0.1) is 0 Å². The van der Waals surface area contributed by atoms with Crippen molar-refractivity contribution in [3.8, 4) is 0 Å². The van der Waals surface area contributed by atoms with Crippen LogP contribution in [0.2, 0.25) is 0 Å². The molecule has 1 aromatic heterocycles. The number of nitrogens with one attached hydrogen (secondary N) is 1. The van der Waals surface area contributed by atoms with E-state index in [1.807, 2.05) is 13.8 Å². The van der Waals surface area contributed by atoms with E-state index in [1.165, 1.54) is 10.5 Å². The Bertz CT molecular complexity index is 691. The molecule has 0 amide bonds. The van der Waals surface area contributed by atoms with E-state index in [0.717, 1.165) is 11.9 Å². The van der Waals surface area contributed by atoms with Gasteiger partial charge >= 0.3 is 0 Å². The Hall–Kier alpha value is -1.53. The molecule has 0 aliphatic carbocycles. The number of nitrogens with two attached hydrogens (primary N) is 1. The number of aromatic nitrogens is 1. The lowest BCUT2D eigenvalue weighted by Crippen LogP contribution is -2.34. The molecule has 0 bridgehead atoms. The van der Waals surface area contributed by atoms with Crippen molar-refractivity contribution in [1.82, 2.24) is 9.29 Å². The molecule has 0 radical (unpaired) electrons. The fourth-order valence-corrected chi connectivity index (χ4v) is 3.58. The van der Waals surface area contributed by atoms with Crippen LogP contribution in [0.4, 0.5) is 5.69 Å². The molecule has 0 fully saturated rings. The van der Waals surface area contributed by atoms with Crippen LogP contribution in [-0.4, -0.2) is 30.8 Å². The summed E-state index contributed by atoms with van der Waals surface area (Å²) in [5, 5.41) is 0.671. The summed E-state index contributed by atoms with van der Waals surface area (Å²) in [7, 11) is -1.87. The molecule has 0 saturated heterocycles. The zero-order chi connectivity index (χ0) is 14.2. The van der Waals surface area contributed by atoms with Crippen molar-refractivity contribution in [2.75, 3.05) is 12.8 Å². The first kappa shape index (κ1) is 13.9. The third-order valence-corrected chi connectivity index (χ3v) is 5.55. The second-order valence-electron chi connectivity index (χ2n) is 4.74. The molecule has 1 heterocycles. The highest BCUT2D eigenvalue weighted by Crippen LogP contribution is 2.27. The molecule has 2 rings (SSSR count). The zero-order valence-corrected chi connectivity index (χ0v) is 12.2. The Morgan fingerprint density at radius 3 is 2.74 bits per heavy atom. The highest BCUT2D eigenvalue weighted by molar-refractivity contribution is 7.89. The summed E-state index contributed by atoms with van der Waals surface area (Å²) in [6, 6.07) is 5.14. The lowest BCUT2D eigenvalue weighted by atomic mass is 10.2. The molecule has 19 heavy (non-hydrogen) atoms. The predicted octanol–water partition coefficient (Wildman–Crippen LogP) is 2.17. The van der Waals surface area contributed by atoms with E-state index in [9.17, 15) is 8.42 Å². The average molecular weight is 281 g/mol. The van der Waals surface area contributed by atoms with Gasteiger partial charge in [0.05, 0.1) is 0 Å². The van der Waals surface area contributed by atoms with Gasteiger partial charge in [0.25, 0.3) is 0 Å². The van der Waals surface area contributed by atoms with Crippen molar-refractivity contribution in [3.05, 3.63) is 24.4 Å². The molecule has 0 aliphatic rings. The van der Waals surface area contributed by atoms with Gasteiger partial charge in [-0.1, -0.05) is 6.92 Å². The fourth-order valence-electron chi connectivity index (χ4n) is 1.98. The smallest absolute Gasteiger partial charge is 0.245 e. The monoisotopic (exact) mass is 281 g/mol. The number of sulfonamides is 1. The van der Waals surface area contributed by atoms with E-state index >= 15 is 0 Å². The van der Waals surface area contributed by atoms with Crippen molar-refractivity contribution in [2.24, 2.45) is 0 Å². The standard InChI is InChI=1S/C13H19N3O2S/c1-4-9(2)16(3)19(17,18)13-8-15-12-7-10(14)5-6-11(12)13/h5-9,15H,4,14H2,1-3H3. The lowest BCUT2D eigenvalue weighted by Gasteiger charge is -2.22. The first-order valence-electron chi connectivity index (χ1n) is 6.22. The molecule has 5 nitrogen and oxygen atoms in total. The quantitative estimate of drug-likeness (QED) is 0.843. The van der Waals surface area contributed by atoms with Gasteiger partial charge in [0.2, 0.25) is 10.0 Å². The van der Waals surface area contributed by atoms with Crippen LogP contribution in [0.3, 0.4) is 0 Å². The van der Waals surface area contributed by atoms with E-state index < -0.39 is 10.0 Å². The van der Waals surface area contributed by atoms with Crippen LogP contribution in [0.15, 0.2) is 29.3 Å². The summed E-state index contributed by atoms with van der Waals surface area (Å²) in [6.07, 6.45) is 2.29. The first-order chi connectivity index (χ1) is 8.87. The molecule has 6 heteroatoms. The predicted molar refractivity (Wildman–Crippen MR) is 77.4 cm³/mol. The van der Waals surface area contributed by atoms with Crippen LogP contribution in [0.5, 0.6) is 0 Å². The molecule has 1 unspecified atom stereocenters. The Labute approximate surface area is 113 Å². The Balaban J connectivity index is 2.55. The molecular weight excluding hydrogens is 262 g/mol. The van der Waals surface area contributed by atoms with Crippen LogP contribution in [0.25, 0.3) is 10.9 Å². The number of fused-ring (bicyclic) bond motifs is 1. The molecular formula is C13H19N3O2S. The number of nitrogen functional groups attached to an aromatic ring is 1. The minimum Gasteiger partial charge on any atom is -0.399 e. The van der Waals surface area contributed by atoms with Crippen molar-refractivity contribution in [2.45, 2.75) is 31.2 Å². The number of benzene rings is 1. The minimum absolute atomic E-state index is 0.0382. The fraction of sp³-hybridized carbons (Fsp3) is 0.385. The largest absolute Gasteiger partial charge is 0.399 e. The van der Waals surface area contributed by atoms with Gasteiger partial charge in [-0.3, -0.25) is 0 Å². The van der Waals surface area contributed by atoms with E-state index in [2.05, 4.69) is 4.98 Å². The van der Waals surface area contributed by atoms with Crippen LogP contribution < -0.4 is 5.73 Å². The summed E-state index contributed by atoms with van der Waals surface area (Å²) in [5.41, 5.74) is 7.03. The van der Waals surface area contributed by atoms with E-state index in [4.69, 9.17) is 5.73 Å². The molecule has 2 aromatic rings. The maximum atomic E-state index is 12.6. The number of nitrogens with zero attached hydrogens (tertiary/aromatic N) is 1. The van der Waals surface area contributed by atoms with Gasteiger partial charge in [-0.2, -0.15) is 4.31 Å². The Morgan fingerprint density at radius 1 is 1.42 bits per heavy atom. The maximum absolute atomic E-state index is 12.6. The van der Waals surface area contributed by atoms with Gasteiger partial charge in [0.1, 0.15) is 4.90 Å². The summed E-state index contributed by atoms with van der Waals surface area (Å²) < 4.78 is 26.5. The number of hydrogen-bond acceptors (Lipinski definition) is 3. The SMILES string of the molecule is CCC(C)N(C)S(=O)(=O)c1c[nH]c2cc(N)ccc12. The Morgan fingerprint density at radius 2 is 2.11 bits per heavy atom. The third kappa shape index (κ3) is 2.33. The highest BCUT2D eigenvalue weighted by atomic mass is 32.2. The molecule has 1 atom stereocenters. The molecule has 0 saturated carbocycles. The van der Waals surface area contributed by atoms with Crippen molar-refractivity contribution < 1.29 is 8.42 Å². The van der Waals surface area contributed by atoms with Crippen LogP contribution in [-0.2, 0) is 10.0 Å². The lowest BCUT2D eigenvalue weighted by molar-refractivity contribution is 0.381. The highest BCUT2D eigenvalue weighted by Gasteiger charge is 2.27. The van der Waals surface area contributed by atoms with Crippen molar-refractivity contribution in [1.29, 1.82) is 0 Å². The van der Waals surface area contributed by atoms with E-state index in [-0.39, 0.29) is 6.04 Å². The van der Waals surface area contributed by atoms with Gasteiger partial charge in [-0.05, 0) is 31.5 Å². The number of H-pyrrole nitrogens is 1. The molecule has 0 aliphatic heterocycles. The van der Waals surface area contributed by atoms with Crippen molar-refractivity contribution in [3.63, 3.8) is 0 Å². The van der Waals surface area contributed by atoms with Crippen LogP contribution in [0.1, 0.15) is 20.3 Å². The second-order valence-corrected chi connectivity index (χ2v) is 6.70. The number of anilines is 1. The summed E-state index contributed by atoms with van der Waals surface area (Å²) >= 11 is 0. The van der Waals surface area contributed by atoms with Gasteiger partial charge in [0.15, 0.2) is 0 Å². The summed E-state index contributed by atoms with van der Waals surface area (Å²) in [5.74, 6) is 0. The average Bonchev–Trinajstić information content (AvgIpc) is 2.80. The number of hydrogen-bond donors (Lipinski definition) is 2. The molecule has 104 valence electrons. The zero-order valence-electron chi connectivity index (χ0n) is 11.3. The van der Waals surface area contributed by atoms with E-state index in [1.54, 1.807) is 25.2 Å². The van der Waals surface area contributed by atoms with Gasteiger partial charge in [-0.25, -0.2) is 8.42 Å². The van der Waals surface area contributed by atoms with Gasteiger partial charge in [0, 0.05) is 35.9 Å². The number of aromatic amines is 1. The summed E-state index contributed by atoms with van der Waals surface area (Å²) in [6.45, 7) is 3.86. The van der Waals surface area contributed by atoms with Gasteiger partial charge < -0.3 is 10.7 Å². The Kier molecular flexibility index (Phi) is 3.56. The molecule has 1 aromatic carbocycles. The maximum Gasteiger partial charge on any atom is 0.245 e. The molecule has 3 N–H and O–H groups in total. The van der Waals surface area contributed by atoms with Crippen LogP contribution >= 0.6 is 0 Å². The third-order valence-electron chi connectivity index (χ3n) is 3.54. The minimum atomic E-state index is -3.49. The topological polar surface area (TPSA) is 79.2 Å². The second kappa shape index (κ2) is 4.86. The molecule has 0 spiro atoms. The normalized spacial score (nSPS) is 14.1.